The van der Waals surface area contributed by atoms with Gasteiger partial charge in [0.1, 0.15) is 0 Å². The molecule has 0 amide bonds. The third kappa shape index (κ3) is 3.44. The van der Waals surface area contributed by atoms with Gasteiger partial charge in [0.25, 0.3) is 0 Å². The molecule has 20 heavy (non-hydrogen) atoms. The van der Waals surface area contributed by atoms with Gasteiger partial charge in [-0.2, -0.15) is 0 Å². The molecule has 0 aliphatic heterocycles. The van der Waals surface area contributed by atoms with Gasteiger partial charge in [0, 0.05) is 6.04 Å². The number of rotatable bonds is 5. The molecule has 0 bridgehead atoms. The third-order valence-electron chi connectivity index (χ3n) is 5.13. The van der Waals surface area contributed by atoms with E-state index in [4.69, 9.17) is 0 Å². The predicted octanol–water partition coefficient (Wildman–Crippen LogP) is 5.25. The molecule has 112 valence electrons. The Kier molecular flexibility index (Phi) is 5.26. The Labute approximate surface area is 125 Å². The fourth-order valence-electron chi connectivity index (χ4n) is 3.84. The molecule has 0 radical (unpaired) electrons. The Morgan fingerprint density at radius 3 is 2.65 bits per heavy atom. The summed E-state index contributed by atoms with van der Waals surface area (Å²) in [5, 5.41) is 3.85. The molecule has 2 rings (SSSR count). The molecule has 1 aromatic rings. The second-order valence-corrected chi connectivity index (χ2v) is 7.13. The Balaban J connectivity index is 2.29. The van der Waals surface area contributed by atoms with Crippen molar-refractivity contribution in [1.29, 1.82) is 0 Å². The van der Waals surface area contributed by atoms with E-state index in [0.717, 1.165) is 12.5 Å². The van der Waals surface area contributed by atoms with E-state index in [9.17, 15) is 0 Å². The summed E-state index contributed by atoms with van der Waals surface area (Å²) in [6.07, 6.45) is 6.73. The fraction of sp³-hybridized carbons (Fsp3) is 0.684. The molecule has 1 nitrogen and oxygen atoms in total. The first-order valence-corrected chi connectivity index (χ1v) is 8.35. The zero-order valence-corrected chi connectivity index (χ0v) is 13.7. The molecule has 1 aromatic carbocycles. The Morgan fingerprint density at radius 1 is 1.25 bits per heavy atom. The van der Waals surface area contributed by atoms with E-state index < -0.39 is 0 Å². The van der Waals surface area contributed by atoms with Crippen molar-refractivity contribution in [2.75, 3.05) is 6.54 Å². The second kappa shape index (κ2) is 6.76. The lowest BCUT2D eigenvalue weighted by molar-refractivity contribution is 0.0979. The van der Waals surface area contributed by atoms with Crippen LogP contribution in [0, 0.1) is 18.3 Å². The first kappa shape index (κ1) is 15.6. The minimum Gasteiger partial charge on any atom is -0.310 e. The van der Waals surface area contributed by atoms with E-state index in [2.05, 4.69) is 57.3 Å². The number of benzene rings is 1. The number of hydrogen-bond donors (Lipinski definition) is 1. The van der Waals surface area contributed by atoms with E-state index in [0.29, 0.717) is 11.5 Å². The monoisotopic (exact) mass is 273 g/mol. The number of hydrogen-bond acceptors (Lipinski definition) is 1. The summed E-state index contributed by atoms with van der Waals surface area (Å²) in [7, 11) is 0. The molecule has 2 atom stereocenters. The van der Waals surface area contributed by atoms with Crippen molar-refractivity contribution < 1.29 is 0 Å². The van der Waals surface area contributed by atoms with Gasteiger partial charge >= 0.3 is 0 Å². The molecule has 1 aliphatic carbocycles. The van der Waals surface area contributed by atoms with E-state index in [1.165, 1.54) is 43.2 Å². The summed E-state index contributed by atoms with van der Waals surface area (Å²) in [5.74, 6) is 0.754. The van der Waals surface area contributed by atoms with Gasteiger partial charge in [-0.3, -0.25) is 0 Å². The van der Waals surface area contributed by atoms with Gasteiger partial charge < -0.3 is 5.32 Å². The Bertz CT molecular complexity index is 422. The summed E-state index contributed by atoms with van der Waals surface area (Å²) in [5.41, 5.74) is 3.40. The lowest BCUT2D eigenvalue weighted by Crippen LogP contribution is -2.39. The van der Waals surface area contributed by atoms with Crippen LogP contribution in [0.4, 0.5) is 0 Å². The molecule has 0 aromatic heterocycles. The fourth-order valence-corrected chi connectivity index (χ4v) is 3.84. The topological polar surface area (TPSA) is 12.0 Å². The first-order chi connectivity index (χ1) is 9.56. The first-order valence-electron chi connectivity index (χ1n) is 8.35. The maximum atomic E-state index is 3.85. The standard InChI is InChI=1S/C19H31N/c1-5-14-20-18(16-11-7-6-10-15(16)2)17-12-8-9-13-19(17,3)4/h6-7,10-11,17-18,20H,5,8-9,12-14H2,1-4H3. The van der Waals surface area contributed by atoms with Crippen molar-refractivity contribution in [3.8, 4) is 0 Å². The van der Waals surface area contributed by atoms with Crippen LogP contribution in [0.15, 0.2) is 24.3 Å². The van der Waals surface area contributed by atoms with Crippen LogP contribution in [0.5, 0.6) is 0 Å². The highest BCUT2D eigenvalue weighted by molar-refractivity contribution is 5.29. The minimum absolute atomic E-state index is 0.450. The Hall–Kier alpha value is -0.820. The summed E-state index contributed by atoms with van der Waals surface area (Å²) < 4.78 is 0. The molecular weight excluding hydrogens is 242 g/mol. The lowest BCUT2D eigenvalue weighted by atomic mass is 9.64. The maximum Gasteiger partial charge on any atom is 0.0356 e. The average Bonchev–Trinajstić information content (AvgIpc) is 2.42. The molecular formula is C19H31N. The van der Waals surface area contributed by atoms with Crippen LogP contribution in [0.25, 0.3) is 0 Å². The molecule has 0 spiro atoms. The zero-order valence-electron chi connectivity index (χ0n) is 13.7. The predicted molar refractivity (Wildman–Crippen MR) is 88.0 cm³/mol. The summed E-state index contributed by atoms with van der Waals surface area (Å²) in [6.45, 7) is 10.6. The van der Waals surface area contributed by atoms with Gasteiger partial charge in [0.2, 0.25) is 0 Å². The van der Waals surface area contributed by atoms with E-state index >= 15 is 0 Å². The van der Waals surface area contributed by atoms with Crippen LogP contribution in [0.2, 0.25) is 0 Å². The van der Waals surface area contributed by atoms with Crippen molar-refractivity contribution >= 4 is 0 Å². The minimum atomic E-state index is 0.450. The quantitative estimate of drug-likeness (QED) is 0.772. The van der Waals surface area contributed by atoms with Gasteiger partial charge in [-0.1, -0.05) is 57.9 Å². The molecule has 1 saturated carbocycles. The van der Waals surface area contributed by atoms with Crippen molar-refractivity contribution in [3.05, 3.63) is 35.4 Å². The van der Waals surface area contributed by atoms with E-state index in [-0.39, 0.29) is 0 Å². The summed E-state index contributed by atoms with van der Waals surface area (Å²) in [4.78, 5) is 0. The van der Waals surface area contributed by atoms with Gasteiger partial charge in [-0.25, -0.2) is 0 Å². The van der Waals surface area contributed by atoms with Crippen LogP contribution in [-0.4, -0.2) is 6.54 Å². The van der Waals surface area contributed by atoms with Crippen LogP contribution in [-0.2, 0) is 0 Å². The largest absolute Gasteiger partial charge is 0.310 e. The molecule has 0 saturated heterocycles. The van der Waals surface area contributed by atoms with Gasteiger partial charge in [0.15, 0.2) is 0 Å². The van der Waals surface area contributed by atoms with Crippen LogP contribution in [0.1, 0.15) is 70.0 Å². The van der Waals surface area contributed by atoms with Crippen molar-refractivity contribution in [1.82, 2.24) is 5.32 Å². The van der Waals surface area contributed by atoms with E-state index in [1.807, 2.05) is 0 Å². The highest BCUT2D eigenvalue weighted by atomic mass is 14.9. The van der Waals surface area contributed by atoms with Crippen LogP contribution >= 0.6 is 0 Å². The van der Waals surface area contributed by atoms with Crippen LogP contribution < -0.4 is 5.32 Å². The number of nitrogens with one attached hydrogen (secondary N) is 1. The highest BCUT2D eigenvalue weighted by Gasteiger charge is 2.38. The zero-order chi connectivity index (χ0) is 14.6. The molecule has 0 heterocycles. The molecule has 1 aliphatic rings. The summed E-state index contributed by atoms with van der Waals surface area (Å²) in [6, 6.07) is 9.45. The number of aryl methyl sites for hydroxylation is 1. The van der Waals surface area contributed by atoms with Crippen molar-refractivity contribution in [2.45, 2.75) is 65.8 Å². The van der Waals surface area contributed by atoms with Gasteiger partial charge in [-0.15, -0.1) is 0 Å². The van der Waals surface area contributed by atoms with Crippen molar-refractivity contribution in [3.63, 3.8) is 0 Å². The smallest absolute Gasteiger partial charge is 0.0356 e. The lowest BCUT2D eigenvalue weighted by Gasteiger charge is -2.44. The second-order valence-electron chi connectivity index (χ2n) is 7.13. The van der Waals surface area contributed by atoms with E-state index in [1.54, 1.807) is 0 Å². The third-order valence-corrected chi connectivity index (χ3v) is 5.13. The Morgan fingerprint density at radius 2 is 2.00 bits per heavy atom. The summed E-state index contributed by atoms with van der Waals surface area (Å²) >= 11 is 0. The van der Waals surface area contributed by atoms with Crippen molar-refractivity contribution in [2.24, 2.45) is 11.3 Å². The SMILES string of the molecule is CCCNC(c1ccccc1C)C1CCCCC1(C)C. The molecule has 1 fully saturated rings. The normalized spacial score (nSPS) is 23.5. The maximum absolute atomic E-state index is 3.85. The van der Waals surface area contributed by atoms with Gasteiger partial charge in [0.05, 0.1) is 0 Å². The molecule has 2 unspecified atom stereocenters. The molecule has 1 N–H and O–H groups in total. The highest BCUT2D eigenvalue weighted by Crippen LogP contribution is 2.47. The molecule has 1 heteroatoms. The average molecular weight is 273 g/mol. The van der Waals surface area contributed by atoms with Gasteiger partial charge in [-0.05, 0) is 55.2 Å². The van der Waals surface area contributed by atoms with Crippen LogP contribution in [0.3, 0.4) is 0 Å².